The normalized spacial score (nSPS) is 24.2. The average Bonchev–Trinajstić information content (AvgIpc) is 2.93. The fraction of sp³-hybridized carbons (Fsp3) is 0.667. The Labute approximate surface area is 106 Å². The molecule has 0 radical (unpaired) electrons. The van der Waals surface area contributed by atoms with E-state index in [1.165, 1.54) is 6.20 Å². The number of hydrogen-bond donors (Lipinski definition) is 0. The first-order valence-electron chi connectivity index (χ1n) is 6.06. The number of halogens is 1. The topological polar surface area (TPSA) is 44.1 Å². The van der Waals surface area contributed by atoms with Gasteiger partial charge in [0.05, 0.1) is 23.2 Å². The Hall–Kier alpha value is -0.870. The lowest BCUT2D eigenvalue weighted by atomic mass is 9.93. The third-order valence-electron chi connectivity index (χ3n) is 3.28. The molecule has 0 amide bonds. The van der Waals surface area contributed by atoms with Gasteiger partial charge in [0.15, 0.2) is 5.78 Å². The molecule has 1 fully saturated rings. The maximum absolute atomic E-state index is 12.5. The average molecular weight is 257 g/mol. The largest absolute Gasteiger partial charge is 0.377 e. The number of aryl methyl sites for hydroxylation is 1. The van der Waals surface area contributed by atoms with Crippen LogP contribution in [0, 0.1) is 5.92 Å². The molecule has 1 aromatic heterocycles. The molecule has 1 aliphatic rings. The molecule has 1 saturated heterocycles. The van der Waals surface area contributed by atoms with Crippen LogP contribution in [0.3, 0.4) is 0 Å². The summed E-state index contributed by atoms with van der Waals surface area (Å²) in [5.74, 6) is -0.00167. The zero-order valence-electron chi connectivity index (χ0n) is 10.1. The van der Waals surface area contributed by atoms with Crippen molar-refractivity contribution in [1.29, 1.82) is 0 Å². The number of rotatable bonds is 4. The van der Waals surface area contributed by atoms with Crippen molar-refractivity contribution in [3.63, 3.8) is 0 Å². The van der Waals surface area contributed by atoms with Gasteiger partial charge in [-0.2, -0.15) is 5.10 Å². The van der Waals surface area contributed by atoms with Gasteiger partial charge in [-0.25, -0.2) is 0 Å². The van der Waals surface area contributed by atoms with Crippen LogP contribution in [0.2, 0.25) is 5.02 Å². The summed E-state index contributed by atoms with van der Waals surface area (Å²) in [6.45, 7) is 5.29. The number of hydrogen-bond acceptors (Lipinski definition) is 3. The summed E-state index contributed by atoms with van der Waals surface area (Å²) in [6.07, 6.45) is 3.20. The van der Waals surface area contributed by atoms with Crippen LogP contribution in [0.15, 0.2) is 6.20 Å². The van der Waals surface area contributed by atoms with Gasteiger partial charge in [0.2, 0.25) is 0 Å². The van der Waals surface area contributed by atoms with E-state index in [-0.39, 0.29) is 17.8 Å². The van der Waals surface area contributed by atoms with E-state index in [1.54, 1.807) is 4.68 Å². The minimum Gasteiger partial charge on any atom is -0.377 e. The summed E-state index contributed by atoms with van der Waals surface area (Å²) in [6, 6.07) is 0. The zero-order valence-corrected chi connectivity index (χ0v) is 10.9. The first-order valence-corrected chi connectivity index (χ1v) is 6.43. The molecular formula is C12H17ClN2O2. The standard InChI is InChI=1S/C12H17ClN2O2/c1-3-10-8(5-6-17-10)12(16)11-9(13)7-14-15(11)4-2/h7-8,10H,3-6H2,1-2H3. The van der Waals surface area contributed by atoms with E-state index in [4.69, 9.17) is 16.3 Å². The number of Topliss-reactive ketones (excluding diaryl/α,β-unsaturated/α-hetero) is 1. The number of nitrogens with zero attached hydrogens (tertiary/aromatic N) is 2. The molecule has 1 aliphatic heterocycles. The summed E-state index contributed by atoms with van der Waals surface area (Å²) in [4.78, 5) is 12.5. The summed E-state index contributed by atoms with van der Waals surface area (Å²) >= 11 is 6.04. The summed E-state index contributed by atoms with van der Waals surface area (Å²) in [5.41, 5.74) is 0.531. The second kappa shape index (κ2) is 5.19. The van der Waals surface area contributed by atoms with Gasteiger partial charge in [0.1, 0.15) is 5.69 Å². The van der Waals surface area contributed by atoms with Gasteiger partial charge in [-0.05, 0) is 19.8 Å². The number of ketones is 1. The third-order valence-corrected chi connectivity index (χ3v) is 3.55. The highest BCUT2D eigenvalue weighted by Gasteiger charge is 2.35. The van der Waals surface area contributed by atoms with Crippen LogP contribution in [-0.4, -0.2) is 28.3 Å². The second-order valence-electron chi connectivity index (χ2n) is 4.23. The molecule has 2 heterocycles. The van der Waals surface area contributed by atoms with Gasteiger partial charge in [0, 0.05) is 13.2 Å². The molecule has 0 N–H and O–H groups in total. The van der Waals surface area contributed by atoms with Gasteiger partial charge < -0.3 is 4.74 Å². The van der Waals surface area contributed by atoms with Crippen LogP contribution >= 0.6 is 11.6 Å². The van der Waals surface area contributed by atoms with E-state index in [0.29, 0.717) is 23.9 Å². The lowest BCUT2D eigenvalue weighted by Gasteiger charge is -2.16. The predicted octanol–water partition coefficient (Wildman–Crippen LogP) is 2.55. The van der Waals surface area contributed by atoms with Gasteiger partial charge in [-0.15, -0.1) is 0 Å². The Bertz CT molecular complexity index is 417. The Morgan fingerprint density at radius 1 is 1.65 bits per heavy atom. The van der Waals surface area contributed by atoms with E-state index >= 15 is 0 Å². The van der Waals surface area contributed by atoms with Gasteiger partial charge in [0.25, 0.3) is 0 Å². The smallest absolute Gasteiger partial charge is 0.188 e. The first kappa shape index (κ1) is 12.6. The molecule has 4 nitrogen and oxygen atoms in total. The number of ether oxygens (including phenoxy) is 1. The zero-order chi connectivity index (χ0) is 12.4. The summed E-state index contributed by atoms with van der Waals surface area (Å²) < 4.78 is 7.22. The van der Waals surface area contributed by atoms with E-state index in [2.05, 4.69) is 5.10 Å². The molecule has 2 unspecified atom stereocenters. The maximum atomic E-state index is 12.5. The minimum absolute atomic E-state index is 0.0266. The van der Waals surface area contributed by atoms with Crippen LogP contribution in [-0.2, 0) is 11.3 Å². The van der Waals surface area contributed by atoms with Gasteiger partial charge in [-0.3, -0.25) is 9.48 Å². The number of carbonyl (C=O) groups is 1. The monoisotopic (exact) mass is 256 g/mol. The Kier molecular flexibility index (Phi) is 3.84. The molecule has 1 aromatic rings. The molecule has 94 valence electrons. The van der Waals surface area contributed by atoms with Crippen LogP contribution in [0.5, 0.6) is 0 Å². The molecule has 2 rings (SSSR count). The molecule has 2 atom stereocenters. The fourth-order valence-corrected chi connectivity index (χ4v) is 2.61. The Morgan fingerprint density at radius 2 is 2.41 bits per heavy atom. The quantitative estimate of drug-likeness (QED) is 0.778. The molecule has 0 saturated carbocycles. The first-order chi connectivity index (χ1) is 8.19. The summed E-state index contributed by atoms with van der Waals surface area (Å²) in [5, 5.41) is 4.54. The van der Waals surface area contributed by atoms with E-state index in [1.807, 2.05) is 13.8 Å². The SMILES string of the molecule is CCC1OCCC1C(=O)c1c(Cl)cnn1CC. The molecule has 0 aliphatic carbocycles. The molecule has 17 heavy (non-hydrogen) atoms. The van der Waals surface area contributed by atoms with Crippen LogP contribution in [0.4, 0.5) is 0 Å². The van der Waals surface area contributed by atoms with Crippen molar-refractivity contribution in [3.8, 4) is 0 Å². The minimum atomic E-state index is -0.0699. The molecular weight excluding hydrogens is 240 g/mol. The lowest BCUT2D eigenvalue weighted by Crippen LogP contribution is -2.26. The van der Waals surface area contributed by atoms with Crippen LogP contribution in [0.25, 0.3) is 0 Å². The van der Waals surface area contributed by atoms with Crippen LogP contribution in [0.1, 0.15) is 37.2 Å². The van der Waals surface area contributed by atoms with Gasteiger partial charge in [-0.1, -0.05) is 18.5 Å². The van der Waals surface area contributed by atoms with Crippen molar-refractivity contribution >= 4 is 17.4 Å². The Morgan fingerprint density at radius 3 is 3.06 bits per heavy atom. The van der Waals surface area contributed by atoms with Crippen molar-refractivity contribution in [3.05, 3.63) is 16.9 Å². The van der Waals surface area contributed by atoms with Crippen molar-refractivity contribution in [2.45, 2.75) is 39.3 Å². The Balaban J connectivity index is 2.27. The molecule has 0 bridgehead atoms. The third kappa shape index (κ3) is 2.24. The molecule has 5 heteroatoms. The van der Waals surface area contributed by atoms with Gasteiger partial charge >= 0.3 is 0 Å². The maximum Gasteiger partial charge on any atom is 0.188 e. The van der Waals surface area contributed by atoms with E-state index < -0.39 is 0 Å². The second-order valence-corrected chi connectivity index (χ2v) is 4.64. The van der Waals surface area contributed by atoms with E-state index in [0.717, 1.165) is 12.8 Å². The lowest BCUT2D eigenvalue weighted by molar-refractivity contribution is 0.0681. The predicted molar refractivity (Wildman–Crippen MR) is 65.4 cm³/mol. The summed E-state index contributed by atoms with van der Waals surface area (Å²) in [7, 11) is 0. The van der Waals surface area contributed by atoms with Crippen molar-refractivity contribution in [1.82, 2.24) is 9.78 Å². The highest BCUT2D eigenvalue weighted by atomic mass is 35.5. The van der Waals surface area contributed by atoms with Crippen molar-refractivity contribution in [2.75, 3.05) is 6.61 Å². The molecule has 0 spiro atoms. The highest BCUT2D eigenvalue weighted by Crippen LogP contribution is 2.29. The fourth-order valence-electron chi connectivity index (χ4n) is 2.37. The highest BCUT2D eigenvalue weighted by molar-refractivity contribution is 6.33. The van der Waals surface area contributed by atoms with E-state index in [9.17, 15) is 4.79 Å². The van der Waals surface area contributed by atoms with Crippen molar-refractivity contribution < 1.29 is 9.53 Å². The molecule has 0 aromatic carbocycles. The van der Waals surface area contributed by atoms with Crippen molar-refractivity contribution in [2.24, 2.45) is 5.92 Å². The van der Waals surface area contributed by atoms with Crippen LogP contribution < -0.4 is 0 Å². The number of aromatic nitrogens is 2. The number of carbonyl (C=O) groups excluding carboxylic acids is 1.